The van der Waals surface area contributed by atoms with Gasteiger partial charge in [-0.15, -0.1) is 0 Å². The van der Waals surface area contributed by atoms with E-state index in [4.69, 9.17) is 61.6 Å². The Bertz CT molecular complexity index is 2300. The fourth-order valence-electron chi connectivity index (χ4n) is 15.9. The third kappa shape index (κ3) is 10.5. The maximum Gasteiger partial charge on any atom is 0.174 e. The van der Waals surface area contributed by atoms with Gasteiger partial charge in [-0.2, -0.15) is 0 Å². The van der Waals surface area contributed by atoms with E-state index in [9.17, 15) is 30.6 Å². The molecule has 0 aromatic carbocycles. The molecule has 19 heteroatoms. The molecule has 0 aliphatic carbocycles. The molecule has 0 saturated carbocycles. The molecule has 1 spiro atoms. The highest BCUT2D eigenvalue weighted by molar-refractivity contribution is 5.18. The molecular weight excluding hydrogens is 1020 g/mol. The van der Waals surface area contributed by atoms with Gasteiger partial charge in [0.15, 0.2) is 5.79 Å². The van der Waals surface area contributed by atoms with Crippen LogP contribution in [0.2, 0.25) is 0 Å². The van der Waals surface area contributed by atoms with Crippen molar-refractivity contribution in [3.63, 3.8) is 0 Å². The van der Waals surface area contributed by atoms with E-state index in [0.29, 0.717) is 57.8 Å². The molecule has 9 saturated heterocycles. The Labute approximate surface area is 463 Å². The van der Waals surface area contributed by atoms with E-state index in [-0.39, 0.29) is 79.1 Å². The summed E-state index contributed by atoms with van der Waals surface area (Å²) in [7, 11) is 0. The highest BCUT2D eigenvalue weighted by Gasteiger charge is 2.63. The van der Waals surface area contributed by atoms with Crippen molar-refractivity contribution in [2.45, 2.75) is 275 Å². The van der Waals surface area contributed by atoms with E-state index in [1.165, 1.54) is 6.08 Å². The van der Waals surface area contributed by atoms with Crippen LogP contribution in [0.5, 0.6) is 0 Å². The largest absolute Gasteiger partial charge is 0.393 e. The number of aliphatic hydroxyl groups excluding tert-OH is 6. The van der Waals surface area contributed by atoms with Crippen molar-refractivity contribution in [2.75, 3.05) is 13.2 Å². The Morgan fingerprint density at radius 3 is 1.91 bits per heavy atom. The van der Waals surface area contributed by atoms with Crippen molar-refractivity contribution in [1.29, 1.82) is 0 Å². The van der Waals surface area contributed by atoms with Gasteiger partial charge in [0.2, 0.25) is 0 Å². The fraction of sp³-hybridized carbons (Fsp3) is 0.833. The lowest BCUT2D eigenvalue weighted by molar-refractivity contribution is -0.339. The lowest BCUT2D eigenvalue weighted by Gasteiger charge is -2.53. The third-order valence-corrected chi connectivity index (χ3v) is 20.6. The van der Waals surface area contributed by atoms with Crippen LogP contribution < -0.4 is 0 Å². The minimum atomic E-state index is -1.04. The van der Waals surface area contributed by atoms with Crippen LogP contribution in [-0.4, -0.2) is 220 Å². The van der Waals surface area contributed by atoms with E-state index in [1.54, 1.807) is 6.08 Å². The summed E-state index contributed by atoms with van der Waals surface area (Å²) in [5.41, 5.74) is -1.04. The van der Waals surface area contributed by atoms with Crippen molar-refractivity contribution in [2.24, 2.45) is 23.7 Å². The molecule has 13 heterocycles. The van der Waals surface area contributed by atoms with E-state index in [1.807, 2.05) is 50.3 Å². The second-order valence-corrected chi connectivity index (χ2v) is 25.9. The molecule has 79 heavy (non-hydrogen) atoms. The smallest absolute Gasteiger partial charge is 0.174 e. The van der Waals surface area contributed by atoms with Crippen LogP contribution in [0.15, 0.2) is 60.8 Å². The summed E-state index contributed by atoms with van der Waals surface area (Å²) in [6, 6.07) is 0. The molecule has 33 unspecified atom stereocenters. The van der Waals surface area contributed by atoms with Gasteiger partial charge in [-0.25, -0.2) is 0 Å². The second-order valence-electron chi connectivity index (χ2n) is 25.9. The van der Waals surface area contributed by atoms with Gasteiger partial charge < -0.3 is 92.2 Å². The van der Waals surface area contributed by atoms with Gasteiger partial charge in [0.25, 0.3) is 0 Å². The zero-order valence-corrected chi connectivity index (χ0v) is 46.1. The summed E-state index contributed by atoms with van der Waals surface area (Å²) in [4.78, 5) is 0. The Morgan fingerprint density at radius 2 is 1.14 bits per heavy atom. The monoisotopic (exact) mass is 1110 g/mol. The molecule has 0 radical (unpaired) electrons. The first-order chi connectivity index (χ1) is 38.0. The first kappa shape index (κ1) is 56.1. The van der Waals surface area contributed by atoms with Gasteiger partial charge in [0.1, 0.15) is 54.4 Å². The summed E-state index contributed by atoms with van der Waals surface area (Å²) in [6.45, 7) is 10.3. The number of rotatable bonds is 3. The van der Waals surface area contributed by atoms with Crippen LogP contribution in [0, 0.1) is 23.7 Å². The van der Waals surface area contributed by atoms with Crippen molar-refractivity contribution in [3.05, 3.63) is 60.8 Å². The van der Waals surface area contributed by atoms with Crippen LogP contribution in [0.3, 0.4) is 0 Å². The van der Waals surface area contributed by atoms with Gasteiger partial charge in [0.05, 0.1) is 129 Å². The Balaban J connectivity index is 0.677. The molecule has 13 rings (SSSR count). The van der Waals surface area contributed by atoms with Crippen LogP contribution in [0.1, 0.15) is 98.8 Å². The molecule has 33 atom stereocenters. The zero-order valence-electron chi connectivity index (χ0n) is 46.1. The van der Waals surface area contributed by atoms with E-state index in [2.05, 4.69) is 32.9 Å². The number of fused-ring (bicyclic) bond motifs is 11. The summed E-state index contributed by atoms with van der Waals surface area (Å²) in [6.07, 6.45) is 10.5. The maximum atomic E-state index is 12.4. The molecule has 13 aliphatic rings. The molecule has 19 nitrogen and oxygen atoms in total. The van der Waals surface area contributed by atoms with E-state index in [0.717, 1.165) is 6.42 Å². The average Bonchev–Trinajstić information content (AvgIpc) is 3.84. The number of ether oxygens (including phenoxy) is 13. The van der Waals surface area contributed by atoms with Crippen LogP contribution >= 0.6 is 0 Å². The van der Waals surface area contributed by atoms with E-state index >= 15 is 0 Å². The first-order valence-electron chi connectivity index (χ1n) is 30.0. The Hall–Kier alpha value is -2.06. The lowest BCUT2D eigenvalue weighted by atomic mass is 9.75. The minimum absolute atomic E-state index is 0.0318. The van der Waals surface area contributed by atoms with Crippen LogP contribution in [0.25, 0.3) is 0 Å². The predicted octanol–water partition coefficient (Wildman–Crippen LogP) is 2.97. The van der Waals surface area contributed by atoms with Gasteiger partial charge in [-0.1, -0.05) is 88.5 Å². The minimum Gasteiger partial charge on any atom is -0.393 e. The Kier molecular flexibility index (Phi) is 15.9. The zero-order chi connectivity index (χ0) is 54.6. The molecule has 13 aliphatic heterocycles. The highest BCUT2D eigenvalue weighted by Crippen LogP contribution is 2.52. The quantitative estimate of drug-likeness (QED) is 0.223. The predicted molar refractivity (Wildman–Crippen MR) is 279 cm³/mol. The fourth-order valence-corrected chi connectivity index (χ4v) is 15.9. The van der Waals surface area contributed by atoms with Crippen molar-refractivity contribution in [1.82, 2.24) is 0 Å². The Morgan fingerprint density at radius 1 is 0.519 bits per heavy atom. The summed E-state index contributed by atoms with van der Waals surface area (Å²) in [5, 5.41) is 65.9. The maximum absolute atomic E-state index is 12.4. The summed E-state index contributed by atoms with van der Waals surface area (Å²) in [5.74, 6) is -1.19. The third-order valence-electron chi connectivity index (χ3n) is 20.6. The highest BCUT2D eigenvalue weighted by atomic mass is 16.7. The lowest BCUT2D eigenvalue weighted by Crippen LogP contribution is -2.63. The first-order valence-corrected chi connectivity index (χ1v) is 30.0. The van der Waals surface area contributed by atoms with Crippen molar-refractivity contribution >= 4 is 0 Å². The van der Waals surface area contributed by atoms with Gasteiger partial charge in [-0.3, -0.25) is 0 Å². The van der Waals surface area contributed by atoms with Gasteiger partial charge >= 0.3 is 0 Å². The molecular formula is C60H86O19. The van der Waals surface area contributed by atoms with Crippen LogP contribution in [0.4, 0.5) is 0 Å². The van der Waals surface area contributed by atoms with E-state index < -0.39 is 134 Å². The normalized spacial score (nSPS) is 56.8. The molecule has 0 amide bonds. The number of hydrogen-bond acceptors (Lipinski definition) is 19. The van der Waals surface area contributed by atoms with Gasteiger partial charge in [0, 0.05) is 43.9 Å². The number of aliphatic hydroxyl groups is 6. The van der Waals surface area contributed by atoms with Crippen molar-refractivity contribution < 1.29 is 92.2 Å². The molecule has 9 fully saturated rings. The second kappa shape index (κ2) is 22.4. The topological polar surface area (TPSA) is 241 Å². The summed E-state index contributed by atoms with van der Waals surface area (Å²) >= 11 is 0. The molecule has 440 valence electrons. The standard InChI is InChI=1S/C60H86O19/c1-28-19-42-44(22-48-54(76-42)30(3)52(65)58-55(77-48)29(2)31(4)60(79-58)25-33(63)27-67-60)73-46-24-51-59(5,78-47(46)20-28)50(64)23-45-36(74-51)11-7-6-10-35-37(71-45)15-16-39-38(69-35)17-18-40-43(70-39)21-49-57(75-40)53(66)56-41(72-49)12-8-9-34(68-56)14-13-32(62)26-61/h6-9,13-18,28-58,61-66H,10-12,19-27H2,1-5H3/b7-6-,14-13-. The number of hydrogen-bond donors (Lipinski definition) is 6. The van der Waals surface area contributed by atoms with Gasteiger partial charge in [-0.05, 0) is 50.9 Å². The molecule has 0 aromatic rings. The van der Waals surface area contributed by atoms with Crippen molar-refractivity contribution in [3.8, 4) is 0 Å². The molecule has 6 N–H and O–H groups in total. The molecule has 0 bridgehead atoms. The SMILES string of the molecule is CC1CC2OC3C(CC2OC2CC4OC5C/C=C\CC6OC7C=CC8OC9C(CC8OC7C=CC6OC5CC(O)C4(C)OC2C1)OC1CC=CC(/C=C\C(O)CO)OC1C9O)OC1C(C)C(C)C2(CC(O)CO2)OC1C(O)C3C. The van der Waals surface area contributed by atoms with Crippen LogP contribution in [-0.2, 0) is 61.6 Å². The summed E-state index contributed by atoms with van der Waals surface area (Å²) < 4.78 is 89.0. The average molecular weight is 1110 g/mol. The molecule has 0 aromatic heterocycles.